The number of nitrogens with zero attached hydrogens (tertiary/aromatic N) is 2. The van der Waals surface area contributed by atoms with E-state index in [1.165, 1.54) is 0 Å². The van der Waals surface area contributed by atoms with Crippen LogP contribution in [0.25, 0.3) is 0 Å². The van der Waals surface area contributed by atoms with Crippen molar-refractivity contribution in [1.29, 1.82) is 5.26 Å². The van der Waals surface area contributed by atoms with Gasteiger partial charge in [-0.05, 0) is 6.42 Å². The van der Waals surface area contributed by atoms with Crippen molar-refractivity contribution in [2.24, 2.45) is 5.92 Å². The van der Waals surface area contributed by atoms with Gasteiger partial charge in [0, 0.05) is 24.0 Å². The van der Waals surface area contributed by atoms with Crippen molar-refractivity contribution in [2.75, 3.05) is 6.54 Å². The van der Waals surface area contributed by atoms with Crippen molar-refractivity contribution in [3.05, 3.63) is 16.6 Å². The van der Waals surface area contributed by atoms with Crippen molar-refractivity contribution >= 4 is 17.2 Å². The van der Waals surface area contributed by atoms with Crippen molar-refractivity contribution in [3.8, 4) is 6.07 Å². The molecule has 0 fully saturated rings. The lowest BCUT2D eigenvalue weighted by Crippen LogP contribution is -2.32. The first-order valence-corrected chi connectivity index (χ1v) is 6.13. The summed E-state index contributed by atoms with van der Waals surface area (Å²) in [5.74, 6) is -0.531. The van der Waals surface area contributed by atoms with Crippen LogP contribution in [0.2, 0.25) is 0 Å². The first kappa shape index (κ1) is 12.7. The smallest absolute Gasteiger partial charge is 0.237 e. The van der Waals surface area contributed by atoms with Gasteiger partial charge < -0.3 is 5.32 Å². The number of carbonyl (C=O) groups excluding carboxylic acids is 1. The molecule has 0 aliphatic heterocycles. The third-order valence-corrected chi connectivity index (χ3v) is 3.34. The zero-order valence-electron chi connectivity index (χ0n) is 9.43. The Hall–Kier alpha value is -1.41. The lowest BCUT2D eigenvalue weighted by Gasteiger charge is -2.11. The highest BCUT2D eigenvalue weighted by molar-refractivity contribution is 7.09. The molecule has 0 aliphatic carbocycles. The summed E-state index contributed by atoms with van der Waals surface area (Å²) in [5.41, 5.74) is 0. The Morgan fingerprint density at radius 1 is 1.75 bits per heavy atom. The number of thiazole rings is 1. The minimum Gasteiger partial charge on any atom is -0.354 e. The highest BCUT2D eigenvalue weighted by atomic mass is 32.1. The summed E-state index contributed by atoms with van der Waals surface area (Å²) < 4.78 is 0. The number of nitriles is 1. The van der Waals surface area contributed by atoms with Gasteiger partial charge in [0.1, 0.15) is 5.92 Å². The first-order valence-electron chi connectivity index (χ1n) is 5.25. The average Bonchev–Trinajstić information content (AvgIpc) is 2.81. The Balaban J connectivity index is 2.41. The number of carbonyl (C=O) groups is 1. The fraction of sp³-hybridized carbons (Fsp3) is 0.545. The Labute approximate surface area is 99.3 Å². The van der Waals surface area contributed by atoms with Crippen LogP contribution in [0.3, 0.4) is 0 Å². The van der Waals surface area contributed by atoms with Gasteiger partial charge in [-0.1, -0.05) is 13.8 Å². The minimum absolute atomic E-state index is 0.187. The van der Waals surface area contributed by atoms with Crippen LogP contribution in [0.15, 0.2) is 11.6 Å². The average molecular weight is 237 g/mol. The summed E-state index contributed by atoms with van der Waals surface area (Å²) in [6.07, 6.45) is 2.30. The van der Waals surface area contributed by atoms with Gasteiger partial charge in [-0.3, -0.25) is 4.79 Å². The molecule has 86 valence electrons. The number of hydrogen-bond acceptors (Lipinski definition) is 4. The van der Waals surface area contributed by atoms with Gasteiger partial charge in [0.05, 0.1) is 11.1 Å². The van der Waals surface area contributed by atoms with E-state index < -0.39 is 5.92 Å². The summed E-state index contributed by atoms with van der Waals surface area (Å²) in [4.78, 5) is 15.7. The molecule has 0 saturated heterocycles. The van der Waals surface area contributed by atoms with Crippen molar-refractivity contribution in [1.82, 2.24) is 10.3 Å². The molecule has 0 aromatic carbocycles. The second kappa shape index (κ2) is 6.23. The van der Waals surface area contributed by atoms with Crippen LogP contribution in [0, 0.1) is 17.2 Å². The molecule has 1 heterocycles. The number of rotatable bonds is 5. The molecule has 0 radical (unpaired) electrons. The van der Waals surface area contributed by atoms with E-state index in [2.05, 4.69) is 10.3 Å². The third kappa shape index (κ3) is 3.31. The van der Waals surface area contributed by atoms with Crippen LogP contribution in [0.1, 0.15) is 31.2 Å². The SMILES string of the molecule is CCC(C#N)C(=O)NCC(C)c1nccs1. The Bertz CT molecular complexity index is 369. The Kier molecular flexibility index (Phi) is 4.93. The summed E-state index contributed by atoms with van der Waals surface area (Å²) in [5, 5.41) is 14.4. The van der Waals surface area contributed by atoms with E-state index in [1.54, 1.807) is 17.5 Å². The van der Waals surface area contributed by atoms with Gasteiger partial charge in [0.2, 0.25) is 5.91 Å². The number of amides is 1. The van der Waals surface area contributed by atoms with Gasteiger partial charge in [-0.2, -0.15) is 5.26 Å². The molecule has 0 bridgehead atoms. The minimum atomic E-state index is -0.538. The summed E-state index contributed by atoms with van der Waals surface area (Å²) in [7, 11) is 0. The molecule has 1 aromatic heterocycles. The fourth-order valence-electron chi connectivity index (χ4n) is 1.28. The monoisotopic (exact) mass is 237 g/mol. The molecule has 5 heteroatoms. The zero-order valence-corrected chi connectivity index (χ0v) is 10.3. The van der Waals surface area contributed by atoms with Crippen LogP contribution in [-0.2, 0) is 4.79 Å². The van der Waals surface area contributed by atoms with Crippen LogP contribution < -0.4 is 5.32 Å². The second-order valence-corrected chi connectivity index (χ2v) is 4.53. The van der Waals surface area contributed by atoms with Crippen LogP contribution in [0.4, 0.5) is 0 Å². The Morgan fingerprint density at radius 3 is 3.00 bits per heavy atom. The topological polar surface area (TPSA) is 65.8 Å². The highest BCUT2D eigenvalue weighted by Crippen LogP contribution is 2.16. The largest absolute Gasteiger partial charge is 0.354 e. The van der Waals surface area contributed by atoms with E-state index in [-0.39, 0.29) is 11.8 Å². The molecular formula is C11H15N3OS. The van der Waals surface area contributed by atoms with Crippen LogP contribution >= 0.6 is 11.3 Å². The normalized spacial score (nSPS) is 13.8. The molecule has 1 aromatic rings. The molecule has 2 atom stereocenters. The number of aromatic nitrogens is 1. The maximum absolute atomic E-state index is 11.5. The second-order valence-electron chi connectivity index (χ2n) is 3.61. The van der Waals surface area contributed by atoms with E-state index in [1.807, 2.05) is 25.3 Å². The van der Waals surface area contributed by atoms with Crippen LogP contribution in [-0.4, -0.2) is 17.4 Å². The molecular weight excluding hydrogens is 222 g/mol. The van der Waals surface area contributed by atoms with Gasteiger partial charge >= 0.3 is 0 Å². The van der Waals surface area contributed by atoms with Gasteiger partial charge in [-0.25, -0.2) is 4.98 Å². The van der Waals surface area contributed by atoms with E-state index in [0.717, 1.165) is 5.01 Å². The fourth-order valence-corrected chi connectivity index (χ4v) is 1.98. The molecule has 0 aliphatic rings. The van der Waals surface area contributed by atoms with E-state index in [4.69, 9.17) is 5.26 Å². The summed E-state index contributed by atoms with van der Waals surface area (Å²) in [6, 6.07) is 1.98. The highest BCUT2D eigenvalue weighted by Gasteiger charge is 2.16. The zero-order chi connectivity index (χ0) is 12.0. The number of hydrogen-bond donors (Lipinski definition) is 1. The molecule has 4 nitrogen and oxygen atoms in total. The van der Waals surface area contributed by atoms with Gasteiger partial charge in [-0.15, -0.1) is 11.3 Å². The van der Waals surface area contributed by atoms with Gasteiger partial charge in [0.25, 0.3) is 0 Å². The molecule has 2 unspecified atom stereocenters. The summed E-state index contributed by atoms with van der Waals surface area (Å²) >= 11 is 1.58. The molecule has 1 N–H and O–H groups in total. The van der Waals surface area contributed by atoms with E-state index in [9.17, 15) is 4.79 Å². The molecule has 0 saturated carbocycles. The molecule has 1 rings (SSSR count). The van der Waals surface area contributed by atoms with Crippen LogP contribution in [0.5, 0.6) is 0 Å². The first-order chi connectivity index (χ1) is 7.69. The van der Waals surface area contributed by atoms with Crippen molar-refractivity contribution < 1.29 is 4.79 Å². The van der Waals surface area contributed by atoms with Crippen molar-refractivity contribution in [3.63, 3.8) is 0 Å². The van der Waals surface area contributed by atoms with Crippen molar-refractivity contribution in [2.45, 2.75) is 26.2 Å². The predicted molar refractivity (Wildman–Crippen MR) is 62.9 cm³/mol. The van der Waals surface area contributed by atoms with E-state index >= 15 is 0 Å². The quantitative estimate of drug-likeness (QED) is 0.850. The van der Waals surface area contributed by atoms with Gasteiger partial charge in [0.15, 0.2) is 0 Å². The number of nitrogens with one attached hydrogen (secondary N) is 1. The molecule has 0 spiro atoms. The Morgan fingerprint density at radius 2 is 2.50 bits per heavy atom. The molecule has 16 heavy (non-hydrogen) atoms. The maximum atomic E-state index is 11.5. The standard InChI is InChI=1S/C11H15N3OS/c1-3-9(6-12)10(15)14-7-8(2)11-13-4-5-16-11/h4-5,8-9H,3,7H2,1-2H3,(H,14,15). The lowest BCUT2D eigenvalue weighted by atomic mass is 10.1. The lowest BCUT2D eigenvalue weighted by molar-refractivity contribution is -0.123. The third-order valence-electron chi connectivity index (χ3n) is 2.34. The maximum Gasteiger partial charge on any atom is 0.237 e. The van der Waals surface area contributed by atoms with E-state index in [0.29, 0.717) is 13.0 Å². The molecule has 1 amide bonds. The summed E-state index contributed by atoms with van der Waals surface area (Å²) in [6.45, 7) is 4.37. The predicted octanol–water partition coefficient (Wildman–Crippen LogP) is 1.91.